The van der Waals surface area contributed by atoms with Gasteiger partial charge in [-0.15, -0.1) is 0 Å². The Hall–Kier alpha value is -4.02. The summed E-state index contributed by atoms with van der Waals surface area (Å²) < 4.78 is 12.8. The number of benzene rings is 7. The van der Waals surface area contributed by atoms with Crippen LogP contribution in [0.25, 0.3) is 0 Å². The monoisotopic (exact) mass is 1090 g/mol. The summed E-state index contributed by atoms with van der Waals surface area (Å²) in [6, 6.07) is 77.6. The van der Waals surface area contributed by atoms with Gasteiger partial charge in [-0.1, -0.05) is 199 Å². The summed E-state index contributed by atoms with van der Waals surface area (Å²) in [5, 5.41) is 3.15. The first-order valence-corrected chi connectivity index (χ1v) is 38.5. The van der Waals surface area contributed by atoms with E-state index in [1.54, 1.807) is 32.9 Å². The standard InChI is InChI=1S/C69H90N2OP4/c1-8-10-52-73(4,64-42-26-16-27-43-64)70(75(6)66(59-34-18-12-19-35-59)46-47-67(75)60-36-20-13-21-37-60)50-30-32-57-54-58(56-63(55-57)72-3)33-31-51-71(74(5,53-11-9-2)65-44-28-17-29-45-65)76(7)68(61-38-22-14-23-39-61)48-49-69(76)62-40-24-15-25-41-62/h12-29,34-45,54-56,66-69H,8-11,30-33,46-53H2,1-7H3/q+4/t66-,67-,68+,69+,73?,74?. The first-order valence-electron chi connectivity index (χ1n) is 29.1. The van der Waals surface area contributed by atoms with E-state index in [1.165, 1.54) is 74.8 Å². The molecule has 7 aromatic rings. The van der Waals surface area contributed by atoms with Gasteiger partial charge in [0.15, 0.2) is 14.8 Å². The van der Waals surface area contributed by atoms with E-state index >= 15 is 0 Å². The highest BCUT2D eigenvalue weighted by Gasteiger charge is 2.68. The molecule has 2 fully saturated rings. The maximum absolute atomic E-state index is 6.21. The largest absolute Gasteiger partial charge is 0.497 e. The molecule has 0 aliphatic carbocycles. The summed E-state index contributed by atoms with van der Waals surface area (Å²) in [4.78, 5) is 0. The number of ether oxygens (including phenoxy) is 1. The topological polar surface area (TPSA) is 15.7 Å². The van der Waals surface area contributed by atoms with Gasteiger partial charge in [0.1, 0.15) is 53.8 Å². The molecule has 76 heavy (non-hydrogen) atoms. The van der Waals surface area contributed by atoms with Crippen LogP contribution in [0.2, 0.25) is 0 Å². The fourth-order valence-electron chi connectivity index (χ4n) is 14.2. The summed E-state index contributed by atoms with van der Waals surface area (Å²) in [5.41, 5.74) is 11.2. The normalized spacial score (nSPS) is 20.6. The number of rotatable bonds is 25. The van der Waals surface area contributed by atoms with Crippen LogP contribution < -0.4 is 15.3 Å². The quantitative estimate of drug-likeness (QED) is 0.0531. The van der Waals surface area contributed by atoms with E-state index in [4.69, 9.17) is 4.74 Å². The van der Waals surface area contributed by atoms with Crippen molar-refractivity contribution in [3.8, 4) is 5.75 Å². The summed E-state index contributed by atoms with van der Waals surface area (Å²) in [6.45, 7) is 18.0. The van der Waals surface area contributed by atoms with Crippen molar-refractivity contribution < 1.29 is 4.74 Å². The van der Waals surface area contributed by atoms with Gasteiger partial charge >= 0.3 is 0 Å². The van der Waals surface area contributed by atoms with E-state index in [0.717, 1.165) is 44.5 Å². The van der Waals surface area contributed by atoms with Crippen molar-refractivity contribution in [2.75, 3.05) is 59.2 Å². The van der Waals surface area contributed by atoms with Gasteiger partial charge in [-0.3, -0.25) is 0 Å². The average Bonchev–Trinajstić information content (AvgIpc) is 4.03. The number of aryl methyl sites for hydroxylation is 2. The van der Waals surface area contributed by atoms with Gasteiger partial charge in [-0.25, -0.2) is 0 Å². The number of hydrogen-bond acceptors (Lipinski definition) is 3. The lowest BCUT2D eigenvalue weighted by molar-refractivity contribution is 0.413. The lowest BCUT2D eigenvalue weighted by Crippen LogP contribution is -2.35. The Morgan fingerprint density at radius 1 is 0.421 bits per heavy atom. The summed E-state index contributed by atoms with van der Waals surface area (Å²) in [7, 11) is -5.40. The molecule has 398 valence electrons. The molecule has 2 heterocycles. The molecule has 7 heteroatoms. The Morgan fingerprint density at radius 3 is 0.987 bits per heavy atom. The molecule has 2 unspecified atom stereocenters. The molecular formula is C69H90N2OP4+4. The van der Waals surface area contributed by atoms with E-state index in [0.29, 0.717) is 22.6 Å². The number of methoxy groups -OCH3 is 1. The average molecular weight is 1090 g/mol. The molecule has 9 rings (SSSR count). The molecule has 0 aromatic heterocycles. The van der Waals surface area contributed by atoms with E-state index in [1.807, 2.05) is 7.11 Å². The smallest absolute Gasteiger partial charge is 0.150 e. The zero-order chi connectivity index (χ0) is 53.0. The van der Waals surface area contributed by atoms with E-state index in [-0.39, 0.29) is 0 Å². The Bertz CT molecular complexity index is 2550. The first kappa shape index (κ1) is 56.7. The van der Waals surface area contributed by atoms with Gasteiger partial charge < -0.3 is 4.74 Å². The zero-order valence-corrected chi connectivity index (χ0v) is 50.8. The molecule has 0 bridgehead atoms. The molecule has 3 nitrogen and oxygen atoms in total. The third-order valence-electron chi connectivity index (χ3n) is 18.1. The van der Waals surface area contributed by atoms with Crippen LogP contribution >= 0.6 is 29.7 Å². The molecule has 0 spiro atoms. The first-order chi connectivity index (χ1) is 37.1. The molecule has 0 radical (unpaired) electrons. The second-order valence-electron chi connectivity index (χ2n) is 22.7. The summed E-state index contributed by atoms with van der Waals surface area (Å²) >= 11 is 0. The Labute approximate surface area is 463 Å². The Morgan fingerprint density at radius 2 is 0.711 bits per heavy atom. The van der Waals surface area contributed by atoms with Gasteiger partial charge in [0.05, 0.1) is 59.2 Å². The fourth-order valence-corrected chi connectivity index (χ4v) is 38.9. The number of hydrogen-bond donors (Lipinski definition) is 0. The summed E-state index contributed by atoms with van der Waals surface area (Å²) in [5.74, 6) is 1.00. The van der Waals surface area contributed by atoms with Crippen LogP contribution in [0.1, 0.15) is 134 Å². The van der Waals surface area contributed by atoms with E-state index in [9.17, 15) is 0 Å². The van der Waals surface area contributed by atoms with Gasteiger partial charge in [0.25, 0.3) is 0 Å². The maximum Gasteiger partial charge on any atom is 0.150 e. The highest BCUT2D eigenvalue weighted by Crippen LogP contribution is 2.91. The fraction of sp³-hybridized carbons (Fsp3) is 0.391. The third kappa shape index (κ3) is 12.1. The van der Waals surface area contributed by atoms with Crippen LogP contribution in [0.4, 0.5) is 0 Å². The third-order valence-corrected chi connectivity index (χ3v) is 40.1. The minimum Gasteiger partial charge on any atom is -0.497 e. The van der Waals surface area contributed by atoms with Crippen molar-refractivity contribution in [1.29, 1.82) is 0 Å². The van der Waals surface area contributed by atoms with Crippen LogP contribution in [-0.4, -0.2) is 68.1 Å². The van der Waals surface area contributed by atoms with Crippen molar-refractivity contribution in [1.82, 2.24) is 8.88 Å². The van der Waals surface area contributed by atoms with E-state index < -0.39 is 29.7 Å². The lowest BCUT2D eigenvalue weighted by Gasteiger charge is -2.44. The van der Waals surface area contributed by atoms with Crippen molar-refractivity contribution in [2.24, 2.45) is 0 Å². The molecule has 2 aliphatic rings. The predicted octanol–water partition coefficient (Wildman–Crippen LogP) is 19.2. The lowest BCUT2D eigenvalue weighted by atomic mass is 10.0. The molecule has 6 atom stereocenters. The molecule has 0 saturated carbocycles. The summed E-state index contributed by atoms with van der Waals surface area (Å²) in [6.07, 6.45) is 16.8. The number of nitrogens with zero attached hydrogens (tertiary/aromatic N) is 2. The zero-order valence-electron chi connectivity index (χ0n) is 47.3. The van der Waals surface area contributed by atoms with Crippen molar-refractivity contribution in [2.45, 2.75) is 114 Å². The van der Waals surface area contributed by atoms with Crippen molar-refractivity contribution in [3.05, 3.63) is 234 Å². The Kier molecular flexibility index (Phi) is 19.6. The molecular weight excluding hydrogens is 997 g/mol. The molecule has 7 aromatic carbocycles. The highest BCUT2D eigenvalue weighted by molar-refractivity contribution is 7.92. The molecule has 0 N–H and O–H groups in total. The van der Waals surface area contributed by atoms with Crippen LogP contribution in [0.15, 0.2) is 200 Å². The molecule has 0 amide bonds. The minimum absolute atomic E-state index is 0.541. The molecule has 2 saturated heterocycles. The number of unbranched alkanes of at least 4 members (excludes halogenated alkanes) is 2. The highest BCUT2D eigenvalue weighted by atomic mass is 31.3. The maximum atomic E-state index is 6.21. The van der Waals surface area contributed by atoms with Gasteiger partial charge in [0.2, 0.25) is 0 Å². The van der Waals surface area contributed by atoms with Gasteiger partial charge in [-0.2, -0.15) is 0 Å². The van der Waals surface area contributed by atoms with Crippen LogP contribution in [-0.2, 0) is 12.8 Å². The van der Waals surface area contributed by atoms with Crippen molar-refractivity contribution in [3.63, 3.8) is 0 Å². The SMILES string of the molecule is CCCC[P+](C)(c1ccccc1)N(CCCc1cc(CCCN([P+](C)(CCCC)c2ccccc2)[P+]2(C)[C@H](c3ccccc3)CC[C@H]2c2ccccc2)cc(OC)c1)[P+]1(C)[C@@H](c2ccccc2)CC[C@@H]1c1ccccc1. The minimum atomic E-state index is -1.84. The molecule has 2 aliphatic heterocycles. The second kappa shape index (κ2) is 26.3. The predicted molar refractivity (Wildman–Crippen MR) is 341 cm³/mol. The van der Waals surface area contributed by atoms with Crippen LogP contribution in [0, 0.1) is 0 Å². The van der Waals surface area contributed by atoms with Crippen LogP contribution in [0.3, 0.4) is 0 Å². The van der Waals surface area contributed by atoms with Gasteiger partial charge in [0, 0.05) is 0 Å². The Balaban J connectivity index is 1.05. The van der Waals surface area contributed by atoms with E-state index in [2.05, 4.69) is 250 Å². The van der Waals surface area contributed by atoms with Crippen LogP contribution in [0.5, 0.6) is 5.75 Å². The second-order valence-corrected chi connectivity index (χ2v) is 38.7. The van der Waals surface area contributed by atoms with Gasteiger partial charge in [-0.05, 0) is 134 Å². The van der Waals surface area contributed by atoms with Crippen molar-refractivity contribution >= 4 is 40.3 Å².